The molecule has 0 saturated carbocycles. The van der Waals surface area contributed by atoms with E-state index >= 15 is 0 Å². The molecular weight excluding hydrogens is 454 g/mol. The van der Waals surface area contributed by atoms with Gasteiger partial charge in [0.1, 0.15) is 0 Å². The molecule has 1 heterocycles. The Bertz CT molecular complexity index is 1200. The number of rotatable bonds is 12. The van der Waals surface area contributed by atoms with Crippen LogP contribution in [-0.4, -0.2) is 56.3 Å². The molecule has 0 radical (unpaired) electrons. The van der Waals surface area contributed by atoms with E-state index in [1.165, 1.54) is 10.6 Å². The van der Waals surface area contributed by atoms with Crippen LogP contribution >= 0.6 is 0 Å². The molecule has 0 spiro atoms. The minimum absolute atomic E-state index is 0.280. The molecule has 3 N–H and O–H groups in total. The lowest BCUT2D eigenvalue weighted by atomic mass is 10.1. The zero-order valence-corrected chi connectivity index (χ0v) is 20.5. The van der Waals surface area contributed by atoms with Crippen LogP contribution in [0.15, 0.2) is 54.7 Å². The SMILES string of the molecule is COc1ccc(CNc2nccc(-c3cccc(CN(CCCN)S(C)(=O)=O)c3)n2)cc1OC. The van der Waals surface area contributed by atoms with E-state index in [-0.39, 0.29) is 6.54 Å². The number of nitrogens with two attached hydrogens (primary N) is 1. The van der Waals surface area contributed by atoms with Gasteiger partial charge in [-0.25, -0.2) is 18.4 Å². The van der Waals surface area contributed by atoms with Crippen LogP contribution in [0.1, 0.15) is 17.5 Å². The molecule has 3 rings (SSSR count). The second kappa shape index (κ2) is 11.8. The number of hydrogen-bond donors (Lipinski definition) is 2. The third kappa shape index (κ3) is 6.89. The van der Waals surface area contributed by atoms with E-state index in [4.69, 9.17) is 15.2 Å². The molecule has 1 aromatic heterocycles. The van der Waals surface area contributed by atoms with Crippen LogP contribution in [-0.2, 0) is 23.1 Å². The van der Waals surface area contributed by atoms with E-state index in [0.717, 1.165) is 22.4 Å². The highest BCUT2D eigenvalue weighted by atomic mass is 32.2. The van der Waals surface area contributed by atoms with Gasteiger partial charge in [0, 0.05) is 31.4 Å². The molecular formula is C24H31N5O4S. The first kappa shape index (κ1) is 25.4. The summed E-state index contributed by atoms with van der Waals surface area (Å²) in [6.45, 7) is 1.61. The summed E-state index contributed by atoms with van der Waals surface area (Å²) >= 11 is 0. The fraction of sp³-hybridized carbons (Fsp3) is 0.333. The molecule has 0 atom stereocenters. The molecule has 10 heteroatoms. The molecule has 0 aliphatic carbocycles. The number of nitrogens with one attached hydrogen (secondary N) is 1. The van der Waals surface area contributed by atoms with Crippen LogP contribution in [0.3, 0.4) is 0 Å². The summed E-state index contributed by atoms with van der Waals surface area (Å²) < 4.78 is 36.4. The van der Waals surface area contributed by atoms with E-state index < -0.39 is 10.0 Å². The number of nitrogens with zero attached hydrogens (tertiary/aromatic N) is 3. The summed E-state index contributed by atoms with van der Waals surface area (Å²) in [6.07, 6.45) is 3.51. The van der Waals surface area contributed by atoms with Crippen molar-refractivity contribution < 1.29 is 17.9 Å². The maximum atomic E-state index is 12.1. The van der Waals surface area contributed by atoms with E-state index in [0.29, 0.717) is 43.5 Å². The number of ether oxygens (including phenoxy) is 2. The Kier molecular flexibility index (Phi) is 8.80. The van der Waals surface area contributed by atoms with Crippen LogP contribution in [0.2, 0.25) is 0 Å². The van der Waals surface area contributed by atoms with Gasteiger partial charge >= 0.3 is 0 Å². The van der Waals surface area contributed by atoms with Crippen molar-refractivity contribution in [2.45, 2.75) is 19.5 Å². The number of hydrogen-bond acceptors (Lipinski definition) is 8. The van der Waals surface area contributed by atoms with Crippen molar-refractivity contribution >= 4 is 16.0 Å². The second-order valence-corrected chi connectivity index (χ2v) is 9.73. The van der Waals surface area contributed by atoms with Gasteiger partial charge in [0.2, 0.25) is 16.0 Å². The fourth-order valence-electron chi connectivity index (χ4n) is 3.44. The standard InChI is InChI=1S/C24H31N5O4S/c1-32-22-9-8-18(15-23(22)33-2)16-27-24-26-12-10-21(28-24)20-7-4-6-19(14-20)17-29(13-5-11-25)34(3,30)31/h4,6-10,12,14-15H,5,11,13,16-17,25H2,1-3H3,(H,26,27,28). The van der Waals surface area contributed by atoms with Crippen LogP contribution in [0.4, 0.5) is 5.95 Å². The van der Waals surface area contributed by atoms with Crippen LogP contribution in [0.25, 0.3) is 11.3 Å². The molecule has 182 valence electrons. The van der Waals surface area contributed by atoms with Gasteiger partial charge in [-0.2, -0.15) is 4.31 Å². The van der Waals surface area contributed by atoms with Gasteiger partial charge in [-0.15, -0.1) is 0 Å². The highest BCUT2D eigenvalue weighted by Gasteiger charge is 2.17. The average molecular weight is 486 g/mol. The van der Waals surface area contributed by atoms with Gasteiger partial charge < -0.3 is 20.5 Å². The van der Waals surface area contributed by atoms with Crippen LogP contribution in [0, 0.1) is 0 Å². The van der Waals surface area contributed by atoms with Crippen molar-refractivity contribution in [3.8, 4) is 22.8 Å². The fourth-order valence-corrected chi connectivity index (χ4v) is 4.28. The molecule has 34 heavy (non-hydrogen) atoms. The van der Waals surface area contributed by atoms with Gasteiger partial charge in [-0.1, -0.05) is 24.3 Å². The Morgan fingerprint density at radius 3 is 2.53 bits per heavy atom. The zero-order valence-electron chi connectivity index (χ0n) is 19.7. The van der Waals surface area contributed by atoms with Gasteiger partial charge in [0.25, 0.3) is 0 Å². The van der Waals surface area contributed by atoms with Gasteiger partial charge in [-0.05, 0) is 48.4 Å². The Morgan fingerprint density at radius 2 is 1.82 bits per heavy atom. The number of aromatic nitrogens is 2. The molecule has 0 fully saturated rings. The number of methoxy groups -OCH3 is 2. The van der Waals surface area contributed by atoms with E-state index in [2.05, 4.69) is 15.3 Å². The highest BCUT2D eigenvalue weighted by Crippen LogP contribution is 2.28. The summed E-state index contributed by atoms with van der Waals surface area (Å²) in [5, 5.41) is 3.23. The largest absolute Gasteiger partial charge is 0.493 e. The number of sulfonamides is 1. The lowest BCUT2D eigenvalue weighted by Crippen LogP contribution is -2.31. The lowest BCUT2D eigenvalue weighted by Gasteiger charge is -2.20. The molecule has 3 aromatic rings. The highest BCUT2D eigenvalue weighted by molar-refractivity contribution is 7.88. The van der Waals surface area contributed by atoms with E-state index in [1.807, 2.05) is 48.5 Å². The average Bonchev–Trinajstić information content (AvgIpc) is 2.84. The smallest absolute Gasteiger partial charge is 0.223 e. The second-order valence-electron chi connectivity index (χ2n) is 7.75. The number of anilines is 1. The predicted molar refractivity (Wildman–Crippen MR) is 133 cm³/mol. The summed E-state index contributed by atoms with van der Waals surface area (Å²) in [7, 11) is -0.137. The van der Waals surface area contributed by atoms with E-state index in [9.17, 15) is 8.42 Å². The molecule has 9 nitrogen and oxygen atoms in total. The predicted octanol–water partition coefficient (Wildman–Crippen LogP) is 2.88. The molecule has 0 saturated heterocycles. The third-order valence-electron chi connectivity index (χ3n) is 5.22. The maximum absolute atomic E-state index is 12.1. The minimum atomic E-state index is -3.34. The van der Waals surface area contributed by atoms with Crippen molar-refractivity contribution in [2.75, 3.05) is 38.9 Å². The van der Waals surface area contributed by atoms with Crippen molar-refractivity contribution in [3.63, 3.8) is 0 Å². The molecule has 0 bridgehead atoms. The summed E-state index contributed by atoms with van der Waals surface area (Å²) in [5.74, 6) is 1.81. The first-order valence-electron chi connectivity index (χ1n) is 10.9. The topological polar surface area (TPSA) is 120 Å². The molecule has 0 aliphatic rings. The zero-order chi connectivity index (χ0) is 24.6. The summed E-state index contributed by atoms with van der Waals surface area (Å²) in [5.41, 5.74) is 9.04. The normalized spacial score (nSPS) is 11.4. The Labute approximate surface area is 201 Å². The van der Waals surface area contributed by atoms with Gasteiger partial charge in [-0.3, -0.25) is 0 Å². The van der Waals surface area contributed by atoms with Gasteiger partial charge in [0.15, 0.2) is 11.5 Å². The number of benzene rings is 2. The first-order chi connectivity index (χ1) is 16.3. The minimum Gasteiger partial charge on any atom is -0.493 e. The quantitative estimate of drug-likeness (QED) is 0.402. The van der Waals surface area contributed by atoms with Crippen molar-refractivity contribution in [2.24, 2.45) is 5.73 Å². The maximum Gasteiger partial charge on any atom is 0.223 e. The molecule has 0 aliphatic heterocycles. The van der Waals surface area contributed by atoms with E-state index in [1.54, 1.807) is 20.4 Å². The van der Waals surface area contributed by atoms with Crippen molar-refractivity contribution in [1.82, 2.24) is 14.3 Å². The molecule has 2 aromatic carbocycles. The molecule has 0 unspecified atom stereocenters. The van der Waals surface area contributed by atoms with Crippen molar-refractivity contribution in [1.29, 1.82) is 0 Å². The Hall–Kier alpha value is -3.21. The lowest BCUT2D eigenvalue weighted by molar-refractivity contribution is 0.354. The van der Waals surface area contributed by atoms with Crippen LogP contribution < -0.4 is 20.5 Å². The van der Waals surface area contributed by atoms with Crippen LogP contribution in [0.5, 0.6) is 11.5 Å². The summed E-state index contributed by atoms with van der Waals surface area (Å²) in [6, 6.07) is 15.2. The molecule has 0 amide bonds. The Balaban J connectivity index is 1.74. The first-order valence-corrected chi connectivity index (χ1v) is 12.7. The summed E-state index contributed by atoms with van der Waals surface area (Å²) in [4.78, 5) is 8.94. The third-order valence-corrected chi connectivity index (χ3v) is 6.47. The van der Waals surface area contributed by atoms with Crippen molar-refractivity contribution in [3.05, 3.63) is 65.9 Å². The van der Waals surface area contributed by atoms with Gasteiger partial charge in [0.05, 0.1) is 26.2 Å². The monoisotopic (exact) mass is 485 g/mol. The Morgan fingerprint density at radius 1 is 1.03 bits per heavy atom.